The normalized spacial score (nSPS) is 26.2. The highest BCUT2D eigenvalue weighted by atomic mass is 16.2. The number of nitrogens with one attached hydrogen (secondary N) is 1. The highest BCUT2D eigenvalue weighted by Crippen LogP contribution is 2.21. The number of anilines is 1. The first-order valence-electron chi connectivity index (χ1n) is 8.69. The molecule has 0 bridgehead atoms. The average molecular weight is 317 g/mol. The van der Waals surface area contributed by atoms with Gasteiger partial charge in [0.25, 0.3) is 0 Å². The van der Waals surface area contributed by atoms with Crippen molar-refractivity contribution < 1.29 is 4.79 Å². The molecule has 2 saturated heterocycles. The molecule has 0 aliphatic carbocycles. The van der Waals surface area contributed by atoms with E-state index in [4.69, 9.17) is 0 Å². The third-order valence-electron chi connectivity index (χ3n) is 4.81. The molecule has 3 heterocycles. The van der Waals surface area contributed by atoms with Gasteiger partial charge in [0.1, 0.15) is 0 Å². The summed E-state index contributed by atoms with van der Waals surface area (Å²) in [5.41, 5.74) is 0. The van der Waals surface area contributed by atoms with Gasteiger partial charge in [0, 0.05) is 44.6 Å². The molecule has 1 aromatic heterocycles. The number of piperidine rings is 2. The maximum absolute atomic E-state index is 12.5. The van der Waals surface area contributed by atoms with E-state index in [0.29, 0.717) is 11.8 Å². The van der Waals surface area contributed by atoms with E-state index in [2.05, 4.69) is 34.0 Å². The molecule has 6 nitrogen and oxygen atoms in total. The van der Waals surface area contributed by atoms with Crippen LogP contribution in [0.3, 0.4) is 0 Å². The summed E-state index contributed by atoms with van der Waals surface area (Å²) in [5.74, 6) is 1.99. The van der Waals surface area contributed by atoms with Gasteiger partial charge in [-0.2, -0.15) is 0 Å². The average Bonchev–Trinajstić information content (AvgIpc) is 2.55. The summed E-state index contributed by atoms with van der Waals surface area (Å²) in [4.78, 5) is 25.3. The second kappa shape index (κ2) is 7.15. The molecule has 2 unspecified atom stereocenters. The third kappa shape index (κ3) is 4.12. The van der Waals surface area contributed by atoms with Crippen LogP contribution >= 0.6 is 0 Å². The molecule has 23 heavy (non-hydrogen) atoms. The summed E-state index contributed by atoms with van der Waals surface area (Å²) in [6, 6.07) is 2.20. The number of urea groups is 1. The van der Waals surface area contributed by atoms with Crippen LogP contribution in [0.15, 0.2) is 18.5 Å². The van der Waals surface area contributed by atoms with Crippen LogP contribution in [0.25, 0.3) is 0 Å². The van der Waals surface area contributed by atoms with Crippen molar-refractivity contribution in [3.8, 4) is 0 Å². The molecule has 0 aromatic carbocycles. The Morgan fingerprint density at radius 2 is 1.74 bits per heavy atom. The lowest BCUT2D eigenvalue weighted by Crippen LogP contribution is -2.52. The number of hydrogen-bond donors (Lipinski definition) is 1. The number of carbonyl (C=O) groups is 1. The zero-order valence-corrected chi connectivity index (χ0v) is 14.1. The Bertz CT molecular complexity index is 505. The van der Waals surface area contributed by atoms with E-state index < -0.39 is 0 Å². The number of likely N-dealkylation sites (tertiary alicyclic amines) is 1. The summed E-state index contributed by atoms with van der Waals surface area (Å²) in [5, 5.41) is 3.22. The molecule has 2 aliphatic heterocycles. The fourth-order valence-electron chi connectivity index (χ4n) is 3.77. The van der Waals surface area contributed by atoms with Crippen LogP contribution < -0.4 is 10.2 Å². The van der Waals surface area contributed by atoms with Crippen molar-refractivity contribution >= 4 is 12.0 Å². The first kappa shape index (κ1) is 16.0. The molecule has 2 fully saturated rings. The maximum Gasteiger partial charge on any atom is 0.317 e. The maximum atomic E-state index is 12.5. The summed E-state index contributed by atoms with van der Waals surface area (Å²) in [6.45, 7) is 8.01. The zero-order valence-electron chi connectivity index (χ0n) is 14.1. The first-order valence-corrected chi connectivity index (χ1v) is 8.69. The Morgan fingerprint density at radius 1 is 1.13 bits per heavy atom. The van der Waals surface area contributed by atoms with E-state index in [1.807, 2.05) is 11.0 Å². The lowest BCUT2D eigenvalue weighted by Gasteiger charge is -2.37. The molecule has 0 saturated carbocycles. The van der Waals surface area contributed by atoms with Crippen molar-refractivity contribution in [3.63, 3.8) is 0 Å². The van der Waals surface area contributed by atoms with Crippen LogP contribution in [-0.4, -0.2) is 53.1 Å². The topological polar surface area (TPSA) is 61.4 Å². The monoisotopic (exact) mass is 317 g/mol. The van der Waals surface area contributed by atoms with Crippen molar-refractivity contribution in [1.82, 2.24) is 20.2 Å². The largest absolute Gasteiger partial charge is 0.341 e. The summed E-state index contributed by atoms with van der Waals surface area (Å²) < 4.78 is 0. The Labute approximate surface area is 138 Å². The minimum Gasteiger partial charge on any atom is -0.341 e. The Kier molecular flexibility index (Phi) is 4.98. The fraction of sp³-hybridized carbons (Fsp3) is 0.706. The van der Waals surface area contributed by atoms with E-state index in [1.165, 1.54) is 6.42 Å². The van der Waals surface area contributed by atoms with Crippen molar-refractivity contribution in [2.24, 2.45) is 11.8 Å². The Hall–Kier alpha value is -1.85. The zero-order chi connectivity index (χ0) is 16.2. The second-order valence-corrected chi connectivity index (χ2v) is 7.11. The molecule has 2 atom stereocenters. The molecule has 6 heteroatoms. The fourth-order valence-corrected chi connectivity index (χ4v) is 3.77. The molecule has 126 valence electrons. The lowest BCUT2D eigenvalue weighted by atomic mass is 9.92. The molecule has 1 aromatic rings. The number of amides is 2. The third-order valence-corrected chi connectivity index (χ3v) is 4.81. The van der Waals surface area contributed by atoms with Crippen LogP contribution in [0.1, 0.15) is 33.1 Å². The van der Waals surface area contributed by atoms with Crippen LogP contribution in [0.5, 0.6) is 0 Å². The Balaban J connectivity index is 1.48. The van der Waals surface area contributed by atoms with Gasteiger partial charge in [0.2, 0.25) is 5.95 Å². The summed E-state index contributed by atoms with van der Waals surface area (Å²) >= 11 is 0. The highest BCUT2D eigenvalue weighted by molar-refractivity contribution is 5.74. The van der Waals surface area contributed by atoms with E-state index in [9.17, 15) is 4.79 Å². The molecule has 0 spiro atoms. The van der Waals surface area contributed by atoms with Gasteiger partial charge in [-0.15, -0.1) is 0 Å². The van der Waals surface area contributed by atoms with Crippen molar-refractivity contribution in [2.45, 2.75) is 39.2 Å². The van der Waals surface area contributed by atoms with Gasteiger partial charge >= 0.3 is 6.03 Å². The smallest absolute Gasteiger partial charge is 0.317 e. The second-order valence-electron chi connectivity index (χ2n) is 7.11. The van der Waals surface area contributed by atoms with E-state index in [0.717, 1.165) is 45.0 Å². The van der Waals surface area contributed by atoms with Crippen molar-refractivity contribution in [3.05, 3.63) is 18.5 Å². The molecule has 1 N–H and O–H groups in total. The number of aromatic nitrogens is 2. The van der Waals surface area contributed by atoms with Crippen molar-refractivity contribution in [2.75, 3.05) is 31.1 Å². The standard InChI is InChI=1S/C17H27N5O/c1-13-10-14(2)12-22(11-13)17(23)20-15-4-8-21(9-5-15)16-18-6-3-7-19-16/h3,6-7,13-15H,4-5,8-12H2,1-2H3,(H,20,23). The van der Waals surface area contributed by atoms with Gasteiger partial charge in [0.05, 0.1) is 0 Å². The van der Waals surface area contributed by atoms with Crippen LogP contribution in [-0.2, 0) is 0 Å². The SMILES string of the molecule is CC1CC(C)CN(C(=O)NC2CCN(c3ncccn3)CC2)C1. The minimum atomic E-state index is 0.109. The van der Waals surface area contributed by atoms with E-state index in [-0.39, 0.29) is 12.1 Å². The summed E-state index contributed by atoms with van der Waals surface area (Å²) in [6.07, 6.45) is 6.66. The number of carbonyl (C=O) groups excluding carboxylic acids is 1. The van der Waals surface area contributed by atoms with Gasteiger partial charge in [0.15, 0.2) is 0 Å². The molecular weight excluding hydrogens is 290 g/mol. The van der Waals surface area contributed by atoms with E-state index >= 15 is 0 Å². The predicted molar refractivity (Wildman–Crippen MR) is 90.3 cm³/mol. The minimum absolute atomic E-state index is 0.109. The number of rotatable bonds is 2. The molecule has 2 amide bonds. The molecule has 3 rings (SSSR count). The van der Waals surface area contributed by atoms with Crippen LogP contribution in [0.4, 0.5) is 10.7 Å². The van der Waals surface area contributed by atoms with E-state index in [1.54, 1.807) is 12.4 Å². The predicted octanol–water partition coefficient (Wildman–Crippen LogP) is 2.13. The molecular formula is C17H27N5O. The van der Waals surface area contributed by atoms with Gasteiger partial charge in [-0.05, 0) is 37.2 Å². The van der Waals surface area contributed by atoms with Crippen LogP contribution in [0, 0.1) is 11.8 Å². The summed E-state index contributed by atoms with van der Waals surface area (Å²) in [7, 11) is 0. The molecule has 0 radical (unpaired) electrons. The van der Waals surface area contributed by atoms with Gasteiger partial charge in [-0.25, -0.2) is 14.8 Å². The van der Waals surface area contributed by atoms with Gasteiger partial charge < -0.3 is 15.1 Å². The van der Waals surface area contributed by atoms with Gasteiger partial charge in [-0.1, -0.05) is 13.8 Å². The molecule has 2 aliphatic rings. The number of nitrogens with zero attached hydrogens (tertiary/aromatic N) is 4. The first-order chi connectivity index (χ1) is 11.1. The Morgan fingerprint density at radius 3 is 2.35 bits per heavy atom. The highest BCUT2D eigenvalue weighted by Gasteiger charge is 2.28. The van der Waals surface area contributed by atoms with Crippen LogP contribution in [0.2, 0.25) is 0 Å². The lowest BCUT2D eigenvalue weighted by molar-refractivity contribution is 0.142. The van der Waals surface area contributed by atoms with Crippen molar-refractivity contribution in [1.29, 1.82) is 0 Å². The number of hydrogen-bond acceptors (Lipinski definition) is 4. The van der Waals surface area contributed by atoms with Gasteiger partial charge in [-0.3, -0.25) is 0 Å². The quantitative estimate of drug-likeness (QED) is 0.908.